The number of anilines is 1. The summed E-state index contributed by atoms with van der Waals surface area (Å²) in [6, 6.07) is 13.8. The van der Waals surface area contributed by atoms with Gasteiger partial charge in [-0.2, -0.15) is 0 Å². The molecule has 0 aliphatic carbocycles. The van der Waals surface area contributed by atoms with Crippen LogP contribution < -0.4 is 14.4 Å². The van der Waals surface area contributed by atoms with Crippen molar-refractivity contribution in [3.05, 3.63) is 59.7 Å². The predicted molar refractivity (Wildman–Crippen MR) is 144 cm³/mol. The van der Waals surface area contributed by atoms with Gasteiger partial charge in [0.25, 0.3) is 0 Å². The van der Waals surface area contributed by atoms with Gasteiger partial charge in [0.1, 0.15) is 11.8 Å². The molecule has 0 heterocycles. The number of carbonyl (C=O) groups excluding carboxylic acids is 2. The second-order valence-corrected chi connectivity index (χ2v) is 12.0. The maximum Gasteiger partial charge on any atom is 0.242 e. The molecule has 9 heteroatoms. The van der Waals surface area contributed by atoms with Gasteiger partial charge in [0.2, 0.25) is 21.8 Å². The molecule has 36 heavy (non-hydrogen) atoms. The average molecular weight is 518 g/mol. The van der Waals surface area contributed by atoms with E-state index in [1.54, 1.807) is 31.1 Å². The van der Waals surface area contributed by atoms with Gasteiger partial charge >= 0.3 is 0 Å². The minimum Gasteiger partial charge on any atom is -0.497 e. The number of carbonyl (C=O) groups is 2. The lowest BCUT2D eigenvalue weighted by Crippen LogP contribution is -2.52. The summed E-state index contributed by atoms with van der Waals surface area (Å²) in [6.07, 6.45) is 1.57. The molecule has 2 aromatic rings. The Hall–Kier alpha value is -3.07. The van der Waals surface area contributed by atoms with Crippen LogP contribution in [-0.4, -0.2) is 56.6 Å². The molecule has 1 N–H and O–H groups in total. The average Bonchev–Trinajstić information content (AvgIpc) is 2.79. The van der Waals surface area contributed by atoms with Crippen LogP contribution in [0.5, 0.6) is 5.75 Å². The molecule has 2 amide bonds. The Balaban J connectivity index is 2.18. The largest absolute Gasteiger partial charge is 0.497 e. The topological polar surface area (TPSA) is 96.0 Å². The van der Waals surface area contributed by atoms with E-state index in [-0.39, 0.29) is 31.3 Å². The fourth-order valence-electron chi connectivity index (χ4n) is 3.70. The van der Waals surface area contributed by atoms with E-state index in [4.69, 9.17) is 4.74 Å². The fraction of sp³-hybridized carbons (Fsp3) is 0.481. The quantitative estimate of drug-likeness (QED) is 0.488. The van der Waals surface area contributed by atoms with Crippen molar-refractivity contribution in [1.82, 2.24) is 10.2 Å². The maximum absolute atomic E-state index is 13.3. The van der Waals surface area contributed by atoms with Crippen molar-refractivity contribution in [1.29, 1.82) is 0 Å². The highest BCUT2D eigenvalue weighted by molar-refractivity contribution is 7.92. The van der Waals surface area contributed by atoms with Crippen LogP contribution in [-0.2, 0) is 26.2 Å². The summed E-state index contributed by atoms with van der Waals surface area (Å²) in [4.78, 5) is 27.8. The third-order valence-corrected chi connectivity index (χ3v) is 6.85. The first-order valence-corrected chi connectivity index (χ1v) is 13.8. The minimum atomic E-state index is -3.52. The molecule has 0 radical (unpaired) electrons. The summed E-state index contributed by atoms with van der Waals surface area (Å²) in [7, 11) is -1.94. The van der Waals surface area contributed by atoms with E-state index in [1.165, 1.54) is 4.31 Å². The molecule has 1 unspecified atom stereocenters. The summed E-state index contributed by atoms with van der Waals surface area (Å²) >= 11 is 0. The molecular weight excluding hydrogens is 478 g/mol. The number of nitrogens with zero attached hydrogens (tertiary/aromatic N) is 2. The third kappa shape index (κ3) is 8.86. The second kappa shape index (κ2) is 12.3. The summed E-state index contributed by atoms with van der Waals surface area (Å²) in [5, 5.41) is 2.94. The highest BCUT2D eigenvalue weighted by atomic mass is 32.2. The molecule has 0 aromatic heterocycles. The van der Waals surface area contributed by atoms with E-state index < -0.39 is 21.6 Å². The molecular formula is C27H39N3O5S. The number of nitrogens with one attached hydrogen (secondary N) is 1. The lowest BCUT2D eigenvalue weighted by molar-refractivity contribution is -0.141. The normalized spacial score (nSPS) is 12.5. The number of sulfonamides is 1. The number of amides is 2. The van der Waals surface area contributed by atoms with Crippen molar-refractivity contribution < 1.29 is 22.7 Å². The molecule has 2 aromatic carbocycles. The first-order chi connectivity index (χ1) is 16.7. The van der Waals surface area contributed by atoms with E-state index in [2.05, 4.69) is 5.32 Å². The minimum absolute atomic E-state index is 0.0984. The first kappa shape index (κ1) is 29.2. The molecule has 2 rings (SSSR count). The predicted octanol–water partition coefficient (Wildman–Crippen LogP) is 3.88. The Bertz CT molecular complexity index is 1120. The maximum atomic E-state index is 13.3. The number of aryl methyl sites for hydroxylation is 1. The SMILES string of the molecule is COc1ccc(CN(C(=O)CCCN(c2ccc(C)cc2)S(C)(=O)=O)C(C)C(=O)NC(C)(C)C)cc1. The number of ether oxygens (including phenoxy) is 1. The Labute approximate surface area is 215 Å². The zero-order valence-electron chi connectivity index (χ0n) is 22.4. The molecule has 0 spiro atoms. The molecule has 0 saturated carbocycles. The van der Waals surface area contributed by atoms with Crippen LogP contribution in [0.4, 0.5) is 5.69 Å². The summed E-state index contributed by atoms with van der Waals surface area (Å²) in [5.74, 6) is 0.230. The smallest absolute Gasteiger partial charge is 0.242 e. The zero-order valence-corrected chi connectivity index (χ0v) is 23.2. The van der Waals surface area contributed by atoms with Crippen molar-refractivity contribution in [3.8, 4) is 5.75 Å². The molecule has 8 nitrogen and oxygen atoms in total. The van der Waals surface area contributed by atoms with Crippen molar-refractivity contribution in [2.24, 2.45) is 0 Å². The summed E-state index contributed by atoms with van der Waals surface area (Å²) in [5.41, 5.74) is 2.00. The van der Waals surface area contributed by atoms with Crippen LogP contribution in [0.1, 0.15) is 51.7 Å². The number of rotatable bonds is 11. The van der Waals surface area contributed by atoms with Gasteiger partial charge in [-0.15, -0.1) is 0 Å². The van der Waals surface area contributed by atoms with E-state index in [0.717, 1.165) is 17.4 Å². The van der Waals surface area contributed by atoms with Crippen molar-refractivity contribution in [3.63, 3.8) is 0 Å². The van der Waals surface area contributed by atoms with Gasteiger partial charge in [-0.1, -0.05) is 29.8 Å². The van der Waals surface area contributed by atoms with Gasteiger partial charge < -0.3 is 15.0 Å². The van der Waals surface area contributed by atoms with Crippen molar-refractivity contribution in [2.75, 3.05) is 24.2 Å². The molecule has 198 valence electrons. The van der Waals surface area contributed by atoms with Crippen LogP contribution in [0.3, 0.4) is 0 Å². The van der Waals surface area contributed by atoms with Gasteiger partial charge in [-0.25, -0.2) is 8.42 Å². The Morgan fingerprint density at radius 3 is 2.11 bits per heavy atom. The van der Waals surface area contributed by atoms with Crippen LogP contribution in [0, 0.1) is 6.92 Å². The number of hydrogen-bond acceptors (Lipinski definition) is 5. The Morgan fingerprint density at radius 2 is 1.61 bits per heavy atom. The highest BCUT2D eigenvalue weighted by Crippen LogP contribution is 2.20. The van der Waals surface area contributed by atoms with Crippen molar-refractivity contribution >= 4 is 27.5 Å². The second-order valence-electron chi connectivity index (χ2n) is 10.1. The first-order valence-electron chi connectivity index (χ1n) is 12.0. The lowest BCUT2D eigenvalue weighted by atomic mass is 10.1. The standard InChI is InChI=1S/C27H39N3O5S/c1-20-10-14-23(15-11-20)30(36(7,33)34)18-8-9-25(31)29(21(2)26(32)28-27(3,4)5)19-22-12-16-24(35-6)17-13-22/h10-17,21H,8-9,18-19H2,1-7H3,(H,28,32). The van der Waals surface area contributed by atoms with E-state index in [1.807, 2.05) is 64.1 Å². The van der Waals surface area contributed by atoms with E-state index in [9.17, 15) is 18.0 Å². The molecule has 0 aliphatic heterocycles. The monoisotopic (exact) mass is 517 g/mol. The van der Waals surface area contributed by atoms with Crippen LogP contribution in [0.25, 0.3) is 0 Å². The van der Waals surface area contributed by atoms with Gasteiger partial charge in [0, 0.05) is 25.0 Å². The molecule has 0 bridgehead atoms. The molecule has 0 fully saturated rings. The number of methoxy groups -OCH3 is 1. The lowest BCUT2D eigenvalue weighted by Gasteiger charge is -2.32. The molecule has 0 aliphatic rings. The molecule has 0 saturated heterocycles. The van der Waals surface area contributed by atoms with E-state index >= 15 is 0 Å². The Kier molecular flexibility index (Phi) is 9.93. The Morgan fingerprint density at radius 1 is 1.03 bits per heavy atom. The summed E-state index contributed by atoms with van der Waals surface area (Å²) in [6.45, 7) is 9.70. The summed E-state index contributed by atoms with van der Waals surface area (Å²) < 4.78 is 31.4. The van der Waals surface area contributed by atoms with Gasteiger partial charge in [-0.3, -0.25) is 13.9 Å². The zero-order chi connectivity index (χ0) is 27.1. The van der Waals surface area contributed by atoms with Crippen LogP contribution in [0.15, 0.2) is 48.5 Å². The van der Waals surface area contributed by atoms with Crippen LogP contribution >= 0.6 is 0 Å². The number of benzene rings is 2. The van der Waals surface area contributed by atoms with E-state index in [0.29, 0.717) is 17.9 Å². The molecule has 1 atom stereocenters. The fourth-order valence-corrected chi connectivity index (χ4v) is 4.66. The van der Waals surface area contributed by atoms with Gasteiger partial charge in [0.05, 0.1) is 19.1 Å². The van der Waals surface area contributed by atoms with Gasteiger partial charge in [0.15, 0.2) is 0 Å². The van der Waals surface area contributed by atoms with Gasteiger partial charge in [-0.05, 0) is 70.9 Å². The van der Waals surface area contributed by atoms with Crippen molar-refractivity contribution in [2.45, 2.75) is 65.6 Å². The third-order valence-electron chi connectivity index (χ3n) is 5.65. The number of hydrogen-bond donors (Lipinski definition) is 1. The van der Waals surface area contributed by atoms with Crippen LogP contribution in [0.2, 0.25) is 0 Å². The highest BCUT2D eigenvalue weighted by Gasteiger charge is 2.28.